The zero-order valence-corrected chi connectivity index (χ0v) is 20.1. The molecule has 1 aliphatic rings. The third-order valence-electron chi connectivity index (χ3n) is 5.56. The third-order valence-corrected chi connectivity index (χ3v) is 6.47. The lowest BCUT2D eigenvalue weighted by Gasteiger charge is -2.23. The molecule has 0 saturated carbocycles. The molecule has 1 aromatic carbocycles. The van der Waals surface area contributed by atoms with Crippen molar-refractivity contribution in [2.45, 2.75) is 56.7 Å². The maximum atomic E-state index is 13.9. The number of rotatable bonds is 10. The summed E-state index contributed by atoms with van der Waals surface area (Å²) in [6, 6.07) is 1.25. The van der Waals surface area contributed by atoms with Crippen molar-refractivity contribution in [1.29, 1.82) is 0 Å². The largest absolute Gasteiger partial charge is 0.389 e. The van der Waals surface area contributed by atoms with Gasteiger partial charge in [0.1, 0.15) is 34.7 Å². The molecule has 2 heterocycles. The lowest BCUT2D eigenvalue weighted by atomic mass is 10.1. The molecule has 0 spiro atoms. The van der Waals surface area contributed by atoms with E-state index in [0.717, 1.165) is 37.0 Å². The summed E-state index contributed by atoms with van der Waals surface area (Å²) >= 11 is 1.06. The van der Waals surface area contributed by atoms with E-state index in [2.05, 4.69) is 4.98 Å². The number of halogens is 4. The van der Waals surface area contributed by atoms with Crippen LogP contribution in [0.4, 0.5) is 13.2 Å². The van der Waals surface area contributed by atoms with Crippen molar-refractivity contribution < 1.29 is 38.3 Å². The minimum absolute atomic E-state index is 0. The Labute approximate surface area is 206 Å². The SMILES string of the molecule is Cl.O[C@H]1[C@H](O)[C@@H](O)CN(CCCCCCOCc2csc(-c3c(F)cc(F)cc3F)n2)C[C@@H]1O. The van der Waals surface area contributed by atoms with Crippen LogP contribution in [0.1, 0.15) is 31.4 Å². The number of thiazole rings is 1. The van der Waals surface area contributed by atoms with Crippen molar-refractivity contribution in [1.82, 2.24) is 9.88 Å². The van der Waals surface area contributed by atoms with Gasteiger partial charge < -0.3 is 25.2 Å². The number of nitrogens with zero attached hydrogens (tertiary/aromatic N) is 2. The topological polar surface area (TPSA) is 106 Å². The van der Waals surface area contributed by atoms with Gasteiger partial charge in [-0.2, -0.15) is 0 Å². The number of unbranched alkanes of at least 4 members (excludes halogenated alkanes) is 3. The van der Waals surface area contributed by atoms with Gasteiger partial charge in [-0.3, -0.25) is 4.90 Å². The molecule has 4 atom stereocenters. The summed E-state index contributed by atoms with van der Waals surface area (Å²) in [5.41, 5.74) is 0.196. The second-order valence-corrected chi connectivity index (χ2v) is 9.09. The van der Waals surface area contributed by atoms with Crippen LogP contribution in [-0.2, 0) is 11.3 Å². The van der Waals surface area contributed by atoms with E-state index in [1.807, 2.05) is 4.90 Å². The summed E-state index contributed by atoms with van der Waals surface area (Å²) in [5.74, 6) is -2.97. The van der Waals surface area contributed by atoms with Crippen molar-refractivity contribution in [3.8, 4) is 10.6 Å². The van der Waals surface area contributed by atoms with Crippen molar-refractivity contribution in [3.05, 3.63) is 40.7 Å². The number of aliphatic hydroxyl groups excluding tert-OH is 4. The summed E-state index contributed by atoms with van der Waals surface area (Å²) in [4.78, 5) is 6.00. The van der Waals surface area contributed by atoms with E-state index >= 15 is 0 Å². The molecule has 7 nitrogen and oxygen atoms in total. The number of aromatic nitrogens is 1. The quantitative estimate of drug-likeness (QED) is 0.352. The Bertz CT molecular complexity index is 870. The van der Waals surface area contributed by atoms with E-state index < -0.39 is 41.9 Å². The molecule has 0 amide bonds. The molecule has 0 aliphatic carbocycles. The first-order valence-electron chi connectivity index (χ1n) is 10.9. The van der Waals surface area contributed by atoms with Crippen LogP contribution in [-0.4, -0.2) is 81.0 Å². The minimum atomic E-state index is -1.36. The van der Waals surface area contributed by atoms with Gasteiger partial charge in [-0.1, -0.05) is 12.8 Å². The average molecular weight is 527 g/mol. The fourth-order valence-electron chi connectivity index (χ4n) is 3.76. The van der Waals surface area contributed by atoms with Gasteiger partial charge in [0.05, 0.1) is 30.1 Å². The van der Waals surface area contributed by atoms with Crippen LogP contribution in [0.15, 0.2) is 17.5 Å². The van der Waals surface area contributed by atoms with E-state index in [1.54, 1.807) is 5.38 Å². The monoisotopic (exact) mass is 526 g/mol. The molecule has 0 unspecified atom stereocenters. The van der Waals surface area contributed by atoms with Crippen molar-refractivity contribution >= 4 is 23.7 Å². The maximum Gasteiger partial charge on any atom is 0.139 e. The molecule has 34 heavy (non-hydrogen) atoms. The van der Waals surface area contributed by atoms with E-state index in [9.17, 15) is 33.6 Å². The van der Waals surface area contributed by atoms with Gasteiger partial charge in [0.2, 0.25) is 0 Å². The zero-order chi connectivity index (χ0) is 24.0. The van der Waals surface area contributed by atoms with Crippen LogP contribution in [0.25, 0.3) is 10.6 Å². The highest BCUT2D eigenvalue weighted by Crippen LogP contribution is 2.30. The molecule has 1 fully saturated rings. The number of β-amino-alcohol motifs (C(OH)–C–C–N with tert-alkyl or cyclic N) is 2. The molecule has 3 rings (SSSR count). The summed E-state index contributed by atoms with van der Waals surface area (Å²) in [6.45, 7) is 1.72. The Morgan fingerprint density at radius 3 is 2.15 bits per heavy atom. The van der Waals surface area contributed by atoms with Gasteiger partial charge in [-0.25, -0.2) is 18.2 Å². The van der Waals surface area contributed by atoms with Gasteiger partial charge in [0.15, 0.2) is 0 Å². The molecule has 0 bridgehead atoms. The van der Waals surface area contributed by atoms with Crippen LogP contribution in [0.5, 0.6) is 0 Å². The summed E-state index contributed by atoms with van der Waals surface area (Å²) in [5, 5.41) is 41.0. The summed E-state index contributed by atoms with van der Waals surface area (Å²) < 4.78 is 46.4. The zero-order valence-electron chi connectivity index (χ0n) is 18.4. The van der Waals surface area contributed by atoms with Gasteiger partial charge in [0.25, 0.3) is 0 Å². The smallest absolute Gasteiger partial charge is 0.139 e. The Balaban J connectivity index is 0.00000408. The Kier molecular flexibility index (Phi) is 11.6. The van der Waals surface area contributed by atoms with Crippen LogP contribution in [0.2, 0.25) is 0 Å². The highest BCUT2D eigenvalue weighted by atomic mass is 35.5. The predicted molar refractivity (Wildman–Crippen MR) is 123 cm³/mol. The summed E-state index contributed by atoms with van der Waals surface area (Å²) in [6.07, 6.45) is -1.48. The third kappa shape index (κ3) is 7.85. The van der Waals surface area contributed by atoms with Crippen LogP contribution >= 0.6 is 23.7 Å². The predicted octanol–water partition coefficient (Wildman–Crippen LogP) is 2.49. The molecular formula is C22H30ClF3N2O5S. The van der Waals surface area contributed by atoms with Crippen molar-refractivity contribution in [2.75, 3.05) is 26.2 Å². The standard InChI is InChI=1S/C22H29F3N2O5S.ClH/c23-13-7-15(24)19(16(25)8-13)22-26-14(12-33-22)11-32-6-4-2-1-3-5-27-9-17(28)20(30)21(31)18(29)10-27;/h7-8,12,17-18,20-21,28-31H,1-6,9-11H2;1H/t17-,18-,20+,21+;/m0./s1. The van der Waals surface area contributed by atoms with Gasteiger partial charge in [-0.05, 0) is 19.4 Å². The molecule has 1 saturated heterocycles. The lowest BCUT2D eigenvalue weighted by molar-refractivity contribution is -0.0894. The van der Waals surface area contributed by atoms with Crippen LogP contribution < -0.4 is 0 Å². The molecule has 192 valence electrons. The first-order valence-corrected chi connectivity index (χ1v) is 11.8. The number of hydrogen-bond donors (Lipinski definition) is 4. The van der Waals surface area contributed by atoms with E-state index in [1.165, 1.54) is 0 Å². The number of likely N-dealkylation sites (tertiary alicyclic amines) is 1. The number of ether oxygens (including phenoxy) is 1. The first-order chi connectivity index (χ1) is 15.8. The summed E-state index contributed by atoms with van der Waals surface area (Å²) in [7, 11) is 0. The average Bonchev–Trinajstić information content (AvgIpc) is 3.18. The Morgan fingerprint density at radius 2 is 1.53 bits per heavy atom. The molecular weight excluding hydrogens is 497 g/mol. The molecule has 2 aromatic rings. The van der Waals surface area contributed by atoms with Gasteiger partial charge in [0, 0.05) is 37.2 Å². The first kappa shape index (κ1) is 28.9. The molecule has 4 N–H and O–H groups in total. The highest BCUT2D eigenvalue weighted by Gasteiger charge is 2.35. The Hall–Kier alpha value is -1.31. The number of aliphatic hydroxyl groups is 4. The highest BCUT2D eigenvalue weighted by molar-refractivity contribution is 7.13. The van der Waals surface area contributed by atoms with Crippen LogP contribution in [0, 0.1) is 17.5 Å². The molecule has 0 radical (unpaired) electrons. The number of benzene rings is 1. The normalized spacial score (nSPS) is 23.5. The second-order valence-electron chi connectivity index (χ2n) is 8.23. The Morgan fingerprint density at radius 1 is 0.941 bits per heavy atom. The van der Waals surface area contributed by atoms with Crippen molar-refractivity contribution in [2.24, 2.45) is 0 Å². The molecule has 1 aromatic heterocycles. The van der Waals surface area contributed by atoms with E-state index in [-0.39, 0.29) is 42.7 Å². The van der Waals surface area contributed by atoms with Gasteiger partial charge in [-0.15, -0.1) is 23.7 Å². The van der Waals surface area contributed by atoms with Gasteiger partial charge >= 0.3 is 0 Å². The fourth-order valence-corrected chi connectivity index (χ4v) is 4.61. The van der Waals surface area contributed by atoms with E-state index in [4.69, 9.17) is 4.74 Å². The van der Waals surface area contributed by atoms with Crippen LogP contribution in [0.3, 0.4) is 0 Å². The fraction of sp³-hybridized carbons (Fsp3) is 0.591. The minimum Gasteiger partial charge on any atom is -0.389 e. The van der Waals surface area contributed by atoms with E-state index in [0.29, 0.717) is 31.0 Å². The second kappa shape index (κ2) is 13.7. The van der Waals surface area contributed by atoms with Crippen molar-refractivity contribution in [3.63, 3.8) is 0 Å². The molecule has 12 heteroatoms. The lowest BCUT2D eigenvalue weighted by Crippen LogP contribution is -2.43. The molecule has 1 aliphatic heterocycles. The maximum absolute atomic E-state index is 13.9. The number of hydrogen-bond acceptors (Lipinski definition) is 8.